The maximum atomic E-state index is 14.0. The summed E-state index contributed by atoms with van der Waals surface area (Å²) < 4.78 is 6.53. The van der Waals surface area contributed by atoms with E-state index in [1.165, 1.54) is 0 Å². The van der Waals surface area contributed by atoms with Gasteiger partial charge in [0, 0.05) is 28.7 Å². The quantitative estimate of drug-likeness (QED) is 0.680. The monoisotopic (exact) mass is 445 g/mol. The van der Waals surface area contributed by atoms with Crippen LogP contribution in [0.5, 0.6) is 0 Å². The maximum absolute atomic E-state index is 14.0. The average molecular weight is 446 g/mol. The number of hydrogen-bond acceptors (Lipinski definition) is 4. The van der Waals surface area contributed by atoms with Gasteiger partial charge in [-0.3, -0.25) is 4.79 Å². The summed E-state index contributed by atoms with van der Waals surface area (Å²) in [5.41, 5.74) is 1.19. The van der Waals surface area contributed by atoms with Crippen molar-refractivity contribution in [2.75, 3.05) is 11.5 Å². The smallest absolute Gasteiger partial charge is 0.264 e. The van der Waals surface area contributed by atoms with Crippen LogP contribution in [0.25, 0.3) is 0 Å². The lowest BCUT2D eigenvalue weighted by Gasteiger charge is -2.32. The topological polar surface area (TPSA) is 70.0 Å². The fourth-order valence-corrected chi connectivity index (χ4v) is 8.14. The number of fused-ring (bicyclic) bond motifs is 2. The number of aliphatic hydroxyl groups is 1. The number of anilines is 1. The Morgan fingerprint density at radius 3 is 2.53 bits per heavy atom. The molecular weight excluding hydrogens is 418 g/mol. The van der Waals surface area contributed by atoms with E-state index < -0.39 is 13.9 Å². The summed E-state index contributed by atoms with van der Waals surface area (Å²) in [7, 11) is -2.68. The van der Waals surface area contributed by atoms with E-state index in [-0.39, 0.29) is 30.1 Å². The molecule has 4 atom stereocenters. The second kappa shape index (κ2) is 7.77. The largest absolute Gasteiger partial charge is 0.432 e. The lowest BCUT2D eigenvalue weighted by molar-refractivity contribution is -0.146. The van der Waals surface area contributed by atoms with E-state index in [9.17, 15) is 14.7 Å². The number of aliphatic hydroxyl groups excluding tert-OH is 1. The van der Waals surface area contributed by atoms with E-state index in [0.717, 1.165) is 16.8 Å². The van der Waals surface area contributed by atoms with Crippen molar-refractivity contribution in [3.63, 3.8) is 0 Å². The van der Waals surface area contributed by atoms with Gasteiger partial charge in [-0.15, -0.1) is 0 Å². The highest BCUT2D eigenvalue weighted by molar-refractivity contribution is 6.71. The van der Waals surface area contributed by atoms with Crippen molar-refractivity contribution in [3.8, 4) is 0 Å². The molecule has 0 bridgehead atoms. The first-order valence-corrected chi connectivity index (χ1v) is 13.8. The van der Waals surface area contributed by atoms with Gasteiger partial charge in [0.15, 0.2) is 13.9 Å². The fourth-order valence-electron chi connectivity index (χ4n) is 5.37. The Morgan fingerprint density at radius 2 is 1.90 bits per heavy atom. The average Bonchev–Trinajstić information content (AvgIpc) is 3.10. The molecule has 2 heterocycles. The molecule has 2 aliphatic rings. The predicted octanol–water partition coefficient (Wildman–Crippen LogP) is 4.07. The van der Waals surface area contributed by atoms with Crippen LogP contribution in [0.2, 0.25) is 23.7 Å². The molecule has 0 radical (unpaired) electrons. The molecule has 2 N–H and O–H groups in total. The Labute approximate surface area is 183 Å². The van der Waals surface area contributed by atoms with Crippen LogP contribution in [-0.2, 0) is 21.7 Å². The van der Waals surface area contributed by atoms with Crippen molar-refractivity contribution >= 4 is 31.5 Å². The second-order valence-electron chi connectivity index (χ2n) is 8.91. The van der Waals surface area contributed by atoms with Crippen molar-refractivity contribution in [2.45, 2.75) is 50.2 Å². The zero-order valence-electron chi connectivity index (χ0n) is 17.5. The van der Waals surface area contributed by atoms with Crippen molar-refractivity contribution in [1.82, 2.24) is 0 Å². The minimum atomic E-state index is -2.68. The summed E-state index contributed by atoms with van der Waals surface area (Å²) >= 11 is 6.35. The van der Waals surface area contributed by atoms with Crippen LogP contribution in [0.1, 0.15) is 24.5 Å². The van der Waals surface area contributed by atoms with Crippen LogP contribution in [0.15, 0.2) is 48.5 Å². The van der Waals surface area contributed by atoms with Gasteiger partial charge in [0.1, 0.15) is 0 Å². The van der Waals surface area contributed by atoms with Crippen LogP contribution in [0.4, 0.5) is 5.69 Å². The molecule has 2 aromatic rings. The molecule has 2 aromatic carbocycles. The van der Waals surface area contributed by atoms with Gasteiger partial charge in [-0.1, -0.05) is 48.9 Å². The summed E-state index contributed by atoms with van der Waals surface area (Å²) in [6.07, 6.45) is -0.000536. The van der Waals surface area contributed by atoms with E-state index in [4.69, 9.17) is 16.3 Å². The maximum Gasteiger partial charge on any atom is 0.264 e. The molecule has 1 amide bonds. The third-order valence-corrected chi connectivity index (χ3v) is 9.28. The van der Waals surface area contributed by atoms with Crippen LogP contribution in [0, 0.1) is 5.92 Å². The molecule has 0 aromatic heterocycles. The van der Waals surface area contributed by atoms with Crippen molar-refractivity contribution in [1.29, 1.82) is 0 Å². The van der Waals surface area contributed by atoms with Crippen LogP contribution in [0.3, 0.4) is 0 Å². The predicted molar refractivity (Wildman–Crippen MR) is 120 cm³/mol. The zero-order chi connectivity index (χ0) is 21.7. The van der Waals surface area contributed by atoms with Gasteiger partial charge in [-0.2, -0.15) is 0 Å². The number of carbonyl (C=O) groups excluding carboxylic acids is 1. The normalized spacial score (nSPS) is 28.4. The standard InChI is InChI=1S/C23H28ClNO4Si/c1-15-21(30(2,3)28)20(11-12-26)29-23(15)18-13-17(24)9-10-19(18)25(22(23)27)14-16-7-5-4-6-8-16/h4-10,13,15,20-21,26,28H,11-12,14H2,1-3H3/t15-,20+,21-,23+/m1/s1. The van der Waals surface area contributed by atoms with Crippen molar-refractivity contribution < 1.29 is 19.4 Å². The molecule has 2 aliphatic heterocycles. The highest BCUT2D eigenvalue weighted by Gasteiger charge is 2.66. The van der Waals surface area contributed by atoms with E-state index in [0.29, 0.717) is 18.0 Å². The fraction of sp³-hybridized carbons (Fsp3) is 0.435. The Kier molecular flexibility index (Phi) is 5.57. The lowest BCUT2D eigenvalue weighted by atomic mass is 9.82. The summed E-state index contributed by atoms with van der Waals surface area (Å²) in [5, 5.41) is 10.2. The molecule has 160 valence electrons. The minimum absolute atomic E-state index is 0.0568. The SMILES string of the molecule is C[C@@H]1[C@@H]([Si](C)(C)O)[C@H](CCO)O[C@@]12C(=O)N(Cc1ccccc1)c1ccc(Cl)cc12. The van der Waals surface area contributed by atoms with Crippen LogP contribution in [-0.4, -0.2) is 36.8 Å². The summed E-state index contributed by atoms with van der Waals surface area (Å²) in [5.74, 6) is -0.369. The van der Waals surface area contributed by atoms with Gasteiger partial charge in [0.2, 0.25) is 0 Å². The molecule has 5 nitrogen and oxygen atoms in total. The van der Waals surface area contributed by atoms with Crippen molar-refractivity contribution in [2.24, 2.45) is 5.92 Å². The second-order valence-corrected chi connectivity index (χ2v) is 13.3. The Bertz CT molecular complexity index is 948. The minimum Gasteiger partial charge on any atom is -0.432 e. The number of benzene rings is 2. The summed E-state index contributed by atoms with van der Waals surface area (Å²) in [6.45, 7) is 6.11. The molecule has 0 saturated carbocycles. The van der Waals surface area contributed by atoms with Crippen molar-refractivity contribution in [3.05, 3.63) is 64.7 Å². The van der Waals surface area contributed by atoms with E-state index in [2.05, 4.69) is 0 Å². The van der Waals surface area contributed by atoms with Gasteiger partial charge >= 0.3 is 0 Å². The van der Waals surface area contributed by atoms with Crippen LogP contribution >= 0.6 is 11.6 Å². The Balaban J connectivity index is 1.83. The number of amides is 1. The third kappa shape index (κ3) is 3.31. The molecule has 0 aliphatic carbocycles. The number of carbonyl (C=O) groups is 1. The molecule has 4 rings (SSSR count). The van der Waals surface area contributed by atoms with E-state index in [1.54, 1.807) is 11.0 Å². The number of nitrogens with zero attached hydrogens (tertiary/aromatic N) is 1. The molecule has 30 heavy (non-hydrogen) atoms. The highest BCUT2D eigenvalue weighted by atomic mass is 35.5. The molecule has 7 heteroatoms. The number of ether oxygens (including phenoxy) is 1. The Morgan fingerprint density at radius 1 is 1.20 bits per heavy atom. The number of hydrogen-bond donors (Lipinski definition) is 2. The van der Waals surface area contributed by atoms with Crippen LogP contribution < -0.4 is 4.90 Å². The third-order valence-electron chi connectivity index (χ3n) is 6.54. The summed E-state index contributed by atoms with van der Waals surface area (Å²) in [4.78, 5) is 26.8. The Hall–Kier alpha value is -1.70. The zero-order valence-corrected chi connectivity index (χ0v) is 19.3. The van der Waals surface area contributed by atoms with Gasteiger partial charge in [0.25, 0.3) is 5.91 Å². The van der Waals surface area contributed by atoms with Gasteiger partial charge < -0.3 is 19.5 Å². The highest BCUT2D eigenvalue weighted by Crippen LogP contribution is 2.60. The molecule has 1 fully saturated rings. The lowest BCUT2D eigenvalue weighted by Crippen LogP contribution is -2.46. The van der Waals surface area contributed by atoms with Gasteiger partial charge in [-0.05, 0) is 43.3 Å². The van der Waals surface area contributed by atoms with E-state index in [1.807, 2.05) is 62.5 Å². The van der Waals surface area contributed by atoms with E-state index >= 15 is 0 Å². The molecular formula is C23H28ClNO4Si. The number of halogens is 1. The first-order valence-electron chi connectivity index (χ1n) is 10.4. The summed E-state index contributed by atoms with van der Waals surface area (Å²) in [6, 6.07) is 15.3. The first kappa shape index (κ1) is 21.5. The molecule has 1 spiro atoms. The van der Waals surface area contributed by atoms with Gasteiger partial charge in [-0.25, -0.2) is 0 Å². The van der Waals surface area contributed by atoms with Gasteiger partial charge in [0.05, 0.1) is 18.3 Å². The molecule has 1 saturated heterocycles. The molecule has 0 unspecified atom stereocenters. The first-order chi connectivity index (χ1) is 14.2. The number of rotatable bonds is 5.